The van der Waals surface area contributed by atoms with Crippen LogP contribution in [0.5, 0.6) is 0 Å². The Kier molecular flexibility index (Phi) is 5.50. The van der Waals surface area contributed by atoms with Crippen LogP contribution in [-0.2, 0) is 11.8 Å². The number of carbonyl (C=O) groups is 1. The fraction of sp³-hybridized carbons (Fsp3) is 0.182. The number of nitrogens with zero attached hydrogens (tertiary/aromatic N) is 2. The first kappa shape index (κ1) is 18.6. The smallest absolute Gasteiger partial charge is 0.244 e. The molecule has 1 unspecified atom stereocenters. The Labute approximate surface area is 158 Å². The van der Waals surface area contributed by atoms with Gasteiger partial charge in [0.05, 0.1) is 0 Å². The van der Waals surface area contributed by atoms with Gasteiger partial charge in [0.2, 0.25) is 5.91 Å². The van der Waals surface area contributed by atoms with Crippen molar-refractivity contribution < 1.29 is 9.18 Å². The number of halogens is 1. The maximum Gasteiger partial charge on any atom is 0.244 e. The predicted molar refractivity (Wildman–Crippen MR) is 105 cm³/mol. The van der Waals surface area contributed by atoms with Gasteiger partial charge < -0.3 is 9.88 Å². The largest absolute Gasteiger partial charge is 0.338 e. The zero-order chi connectivity index (χ0) is 19.4. The average molecular weight is 363 g/mol. The number of amides is 1. The van der Waals surface area contributed by atoms with Gasteiger partial charge in [-0.3, -0.25) is 4.79 Å². The van der Waals surface area contributed by atoms with E-state index in [-0.39, 0.29) is 11.7 Å². The molecule has 0 spiro atoms. The summed E-state index contributed by atoms with van der Waals surface area (Å²) in [6.07, 6.45) is 6.62. The summed E-state index contributed by atoms with van der Waals surface area (Å²) >= 11 is 0. The molecule has 0 aliphatic heterocycles. The lowest BCUT2D eigenvalue weighted by Gasteiger charge is -2.19. The van der Waals surface area contributed by atoms with E-state index in [1.165, 1.54) is 17.7 Å². The van der Waals surface area contributed by atoms with Gasteiger partial charge in [-0.15, -0.1) is 0 Å². The van der Waals surface area contributed by atoms with E-state index in [2.05, 4.69) is 16.4 Å². The van der Waals surface area contributed by atoms with Gasteiger partial charge in [0.1, 0.15) is 17.7 Å². The molecule has 0 aliphatic carbocycles. The van der Waals surface area contributed by atoms with Gasteiger partial charge in [0.15, 0.2) is 0 Å². The average Bonchev–Trinajstić information content (AvgIpc) is 3.05. The molecule has 1 heterocycles. The van der Waals surface area contributed by atoms with E-state index in [1.54, 1.807) is 41.2 Å². The van der Waals surface area contributed by atoms with Crippen molar-refractivity contribution in [1.29, 1.82) is 0 Å². The highest BCUT2D eigenvalue weighted by atomic mass is 19.1. The highest BCUT2D eigenvalue weighted by Gasteiger charge is 2.22. The predicted octanol–water partition coefficient (Wildman–Crippen LogP) is 4.10. The lowest BCUT2D eigenvalue weighted by atomic mass is 10.0. The van der Waals surface area contributed by atoms with Crippen LogP contribution in [-0.4, -0.2) is 15.5 Å². The van der Waals surface area contributed by atoms with Crippen molar-refractivity contribution in [2.24, 2.45) is 7.05 Å². The van der Waals surface area contributed by atoms with Crippen molar-refractivity contribution in [1.82, 2.24) is 14.9 Å². The number of hydrogen-bond donors (Lipinski definition) is 1. The maximum atomic E-state index is 14.3. The molecule has 3 aromatic rings. The highest BCUT2D eigenvalue weighted by Crippen LogP contribution is 2.23. The zero-order valence-corrected chi connectivity index (χ0v) is 15.6. The number of carbonyl (C=O) groups excluding carboxylic acids is 1. The SMILES string of the molecule is Cc1ccc(/C=C/C(=O)NC(c2ccccc2F)c2nccn2C)c(C)c1. The molecular weight excluding hydrogens is 341 g/mol. The normalized spacial score (nSPS) is 12.3. The van der Waals surface area contributed by atoms with Crippen LogP contribution in [0.1, 0.15) is 34.1 Å². The van der Waals surface area contributed by atoms with Gasteiger partial charge >= 0.3 is 0 Å². The topological polar surface area (TPSA) is 46.9 Å². The molecule has 2 aromatic carbocycles. The minimum Gasteiger partial charge on any atom is -0.338 e. The van der Waals surface area contributed by atoms with Crippen molar-refractivity contribution >= 4 is 12.0 Å². The molecule has 1 atom stereocenters. The minimum atomic E-state index is -0.678. The first-order valence-electron chi connectivity index (χ1n) is 8.73. The third-order valence-electron chi connectivity index (χ3n) is 4.46. The van der Waals surface area contributed by atoms with Crippen LogP contribution in [0.2, 0.25) is 0 Å². The van der Waals surface area contributed by atoms with E-state index in [0.29, 0.717) is 11.4 Å². The molecule has 0 radical (unpaired) electrons. The second-order valence-corrected chi connectivity index (χ2v) is 6.55. The Bertz CT molecular complexity index is 991. The van der Waals surface area contributed by atoms with Crippen LogP contribution in [0, 0.1) is 19.7 Å². The molecule has 4 nitrogen and oxygen atoms in total. The summed E-state index contributed by atoms with van der Waals surface area (Å²) in [6, 6.07) is 11.8. The standard InChI is InChI=1S/C22H22FN3O/c1-15-8-9-17(16(2)14-15)10-11-20(27)25-21(22-24-12-13-26(22)3)18-6-4-5-7-19(18)23/h4-14,21H,1-3H3,(H,25,27)/b11-10+. The number of benzene rings is 2. The third kappa shape index (κ3) is 4.31. The molecule has 138 valence electrons. The quantitative estimate of drug-likeness (QED) is 0.694. The molecule has 1 amide bonds. The summed E-state index contributed by atoms with van der Waals surface area (Å²) in [4.78, 5) is 16.8. The van der Waals surface area contributed by atoms with Crippen LogP contribution >= 0.6 is 0 Å². The van der Waals surface area contributed by atoms with Crippen molar-refractivity contribution in [3.63, 3.8) is 0 Å². The van der Waals surface area contributed by atoms with Gasteiger partial charge in [-0.05, 0) is 37.1 Å². The molecule has 0 saturated carbocycles. The Morgan fingerprint density at radius 3 is 2.67 bits per heavy atom. The van der Waals surface area contributed by atoms with Gasteiger partial charge in [0, 0.05) is 31.1 Å². The Morgan fingerprint density at radius 1 is 1.22 bits per heavy atom. The zero-order valence-electron chi connectivity index (χ0n) is 15.6. The maximum absolute atomic E-state index is 14.3. The van der Waals surface area contributed by atoms with Crippen LogP contribution in [0.15, 0.2) is 60.9 Å². The van der Waals surface area contributed by atoms with Gasteiger partial charge in [0.25, 0.3) is 0 Å². The van der Waals surface area contributed by atoms with E-state index in [4.69, 9.17) is 0 Å². The van der Waals surface area contributed by atoms with Crippen molar-refractivity contribution in [2.45, 2.75) is 19.9 Å². The second-order valence-electron chi connectivity index (χ2n) is 6.55. The number of aromatic nitrogens is 2. The van der Waals surface area contributed by atoms with Gasteiger partial charge in [-0.1, -0.05) is 42.0 Å². The molecule has 0 bridgehead atoms. The molecule has 5 heteroatoms. The molecule has 0 saturated heterocycles. The Morgan fingerprint density at radius 2 is 2.00 bits per heavy atom. The van der Waals surface area contributed by atoms with Crippen LogP contribution in [0.3, 0.4) is 0 Å². The third-order valence-corrected chi connectivity index (χ3v) is 4.46. The minimum absolute atomic E-state index is 0.314. The number of rotatable bonds is 5. The van der Waals surface area contributed by atoms with Crippen molar-refractivity contribution in [3.05, 3.63) is 94.8 Å². The lowest BCUT2D eigenvalue weighted by molar-refractivity contribution is -0.117. The first-order chi connectivity index (χ1) is 13.0. The van der Waals surface area contributed by atoms with E-state index in [0.717, 1.165) is 11.1 Å². The van der Waals surface area contributed by atoms with Crippen LogP contribution in [0.4, 0.5) is 4.39 Å². The fourth-order valence-electron chi connectivity index (χ4n) is 3.01. The number of imidazole rings is 1. The first-order valence-corrected chi connectivity index (χ1v) is 8.73. The summed E-state index contributed by atoms with van der Waals surface area (Å²) in [5.41, 5.74) is 3.60. The number of aryl methyl sites for hydroxylation is 3. The molecule has 0 aliphatic rings. The van der Waals surface area contributed by atoms with E-state index >= 15 is 0 Å². The van der Waals surface area contributed by atoms with E-state index in [9.17, 15) is 9.18 Å². The second kappa shape index (κ2) is 7.99. The summed E-state index contributed by atoms with van der Waals surface area (Å²) in [6.45, 7) is 4.03. The monoisotopic (exact) mass is 363 g/mol. The molecule has 27 heavy (non-hydrogen) atoms. The van der Waals surface area contributed by atoms with Crippen LogP contribution in [0.25, 0.3) is 6.08 Å². The van der Waals surface area contributed by atoms with Crippen LogP contribution < -0.4 is 5.32 Å². The summed E-state index contributed by atoms with van der Waals surface area (Å²) in [7, 11) is 1.81. The highest BCUT2D eigenvalue weighted by molar-refractivity contribution is 5.92. The van der Waals surface area contributed by atoms with Crippen molar-refractivity contribution in [2.75, 3.05) is 0 Å². The summed E-state index contributed by atoms with van der Waals surface area (Å²) < 4.78 is 16.1. The van der Waals surface area contributed by atoms with Gasteiger partial charge in [-0.2, -0.15) is 0 Å². The number of hydrogen-bond acceptors (Lipinski definition) is 2. The summed E-state index contributed by atoms with van der Waals surface area (Å²) in [5.74, 6) is -0.135. The molecular formula is C22H22FN3O. The molecule has 3 rings (SSSR count). The van der Waals surface area contributed by atoms with Gasteiger partial charge in [-0.25, -0.2) is 9.37 Å². The van der Waals surface area contributed by atoms with E-state index in [1.807, 2.05) is 33.0 Å². The Balaban J connectivity index is 1.86. The molecule has 0 fully saturated rings. The molecule has 1 N–H and O–H groups in total. The number of nitrogens with one attached hydrogen (secondary N) is 1. The van der Waals surface area contributed by atoms with Crippen molar-refractivity contribution in [3.8, 4) is 0 Å². The Hall–Kier alpha value is -3.21. The summed E-state index contributed by atoms with van der Waals surface area (Å²) in [5, 5.41) is 2.87. The van der Waals surface area contributed by atoms with E-state index < -0.39 is 6.04 Å². The molecule has 1 aromatic heterocycles. The lowest BCUT2D eigenvalue weighted by Crippen LogP contribution is -2.30. The fourth-order valence-corrected chi connectivity index (χ4v) is 3.01.